The van der Waals surface area contributed by atoms with Gasteiger partial charge in [0, 0.05) is 61.0 Å². The van der Waals surface area contributed by atoms with Gasteiger partial charge in [0.2, 0.25) is 5.95 Å². The summed E-state index contributed by atoms with van der Waals surface area (Å²) >= 11 is 0. The number of aryl methyl sites for hydroxylation is 1. The highest BCUT2D eigenvalue weighted by molar-refractivity contribution is 5.66. The molecule has 0 radical (unpaired) electrons. The van der Waals surface area contributed by atoms with Crippen LogP contribution in [0.25, 0.3) is 11.3 Å². The maximum Gasteiger partial charge on any atom is 0.227 e. The molecule has 0 unspecified atom stereocenters. The van der Waals surface area contributed by atoms with Gasteiger partial charge in [-0.25, -0.2) is 15.0 Å². The van der Waals surface area contributed by atoms with Crippen molar-refractivity contribution in [3.8, 4) is 11.3 Å². The summed E-state index contributed by atoms with van der Waals surface area (Å²) in [4.78, 5) is 21.4. The molecule has 6 heterocycles. The van der Waals surface area contributed by atoms with Crippen molar-refractivity contribution in [3.05, 3.63) is 54.4 Å². The van der Waals surface area contributed by atoms with E-state index in [4.69, 9.17) is 14.7 Å². The number of likely N-dealkylation sites (N-methyl/N-ethyl adjacent to an activating group) is 1. The van der Waals surface area contributed by atoms with Crippen molar-refractivity contribution >= 4 is 23.1 Å². The van der Waals surface area contributed by atoms with Crippen LogP contribution in [0.1, 0.15) is 18.4 Å². The quantitative estimate of drug-likeness (QED) is 0.609. The van der Waals surface area contributed by atoms with Crippen LogP contribution in [0.5, 0.6) is 0 Å². The summed E-state index contributed by atoms with van der Waals surface area (Å²) in [5.74, 6) is 1.61. The van der Waals surface area contributed by atoms with Crippen LogP contribution in [0.4, 0.5) is 23.1 Å². The minimum Gasteiger partial charge on any atom is -0.374 e. The summed E-state index contributed by atoms with van der Waals surface area (Å²) in [5, 5.41) is 3.40. The Balaban J connectivity index is 1.06. The normalized spacial score (nSPS) is 27.3. The second-order valence-corrected chi connectivity index (χ2v) is 10.4. The van der Waals surface area contributed by atoms with Gasteiger partial charge in [0.1, 0.15) is 5.82 Å². The number of anilines is 4. The Morgan fingerprint density at radius 2 is 1.89 bits per heavy atom. The molecule has 0 saturated carbocycles. The van der Waals surface area contributed by atoms with Crippen LogP contribution in [0.15, 0.2) is 48.8 Å². The van der Waals surface area contributed by atoms with Crippen molar-refractivity contribution in [2.75, 3.05) is 48.4 Å². The molecule has 4 aliphatic rings. The van der Waals surface area contributed by atoms with Crippen LogP contribution in [-0.2, 0) is 4.74 Å². The van der Waals surface area contributed by atoms with E-state index in [9.17, 15) is 0 Å². The van der Waals surface area contributed by atoms with Crippen LogP contribution in [0.3, 0.4) is 0 Å². The smallest absolute Gasteiger partial charge is 0.227 e. The summed E-state index contributed by atoms with van der Waals surface area (Å²) < 4.78 is 5.72. The van der Waals surface area contributed by atoms with Gasteiger partial charge >= 0.3 is 0 Å². The third-order valence-corrected chi connectivity index (χ3v) is 8.17. The first kappa shape index (κ1) is 21.1. The number of benzene rings is 1. The van der Waals surface area contributed by atoms with E-state index in [1.165, 1.54) is 17.7 Å². The molecule has 8 nitrogen and oxygen atoms in total. The molecule has 3 aromatic rings. The average Bonchev–Trinajstić information content (AvgIpc) is 3.66. The molecule has 8 heteroatoms. The highest BCUT2D eigenvalue weighted by Crippen LogP contribution is 2.36. The third-order valence-electron chi connectivity index (χ3n) is 8.17. The number of morpholine rings is 1. The monoisotopic (exact) mass is 469 g/mol. The lowest BCUT2D eigenvalue weighted by molar-refractivity contribution is 0.0989. The van der Waals surface area contributed by atoms with Gasteiger partial charge in [0.25, 0.3) is 0 Å². The van der Waals surface area contributed by atoms with E-state index < -0.39 is 0 Å². The van der Waals surface area contributed by atoms with Crippen molar-refractivity contribution in [2.24, 2.45) is 0 Å². The Bertz CT molecular complexity index is 1250. The number of piperazine rings is 1. The predicted molar refractivity (Wildman–Crippen MR) is 137 cm³/mol. The lowest BCUT2D eigenvalue weighted by Crippen LogP contribution is -2.44. The number of rotatable bonds is 5. The molecule has 4 bridgehead atoms. The first-order chi connectivity index (χ1) is 17.1. The summed E-state index contributed by atoms with van der Waals surface area (Å²) in [6, 6.07) is 14.5. The fourth-order valence-corrected chi connectivity index (χ4v) is 6.31. The van der Waals surface area contributed by atoms with E-state index in [1.54, 1.807) is 6.20 Å². The van der Waals surface area contributed by atoms with Crippen molar-refractivity contribution in [1.29, 1.82) is 0 Å². The van der Waals surface area contributed by atoms with Gasteiger partial charge in [-0.15, -0.1) is 0 Å². The van der Waals surface area contributed by atoms with Gasteiger partial charge in [0.15, 0.2) is 0 Å². The largest absolute Gasteiger partial charge is 0.374 e. The fraction of sp³-hybridized carbons (Fsp3) is 0.444. The van der Waals surface area contributed by atoms with E-state index in [-0.39, 0.29) is 0 Å². The Kier molecular flexibility index (Phi) is 4.92. The Morgan fingerprint density at radius 3 is 2.57 bits per heavy atom. The Morgan fingerprint density at radius 1 is 0.943 bits per heavy atom. The molecule has 4 atom stereocenters. The van der Waals surface area contributed by atoms with E-state index >= 15 is 0 Å². The van der Waals surface area contributed by atoms with Gasteiger partial charge in [-0.2, -0.15) is 0 Å². The van der Waals surface area contributed by atoms with E-state index in [0.717, 1.165) is 55.4 Å². The van der Waals surface area contributed by atoms with Gasteiger partial charge in [0.05, 0.1) is 24.4 Å². The molecule has 7 rings (SSSR count). The number of nitrogens with zero attached hydrogens (tertiary/aromatic N) is 6. The lowest BCUT2D eigenvalue weighted by atomic mass is 10.1. The zero-order valence-electron chi connectivity index (χ0n) is 20.3. The standard InChI is InChI=1S/C27H31N7O/c1-17-9-19(4-5-25(17)33-14-20-10-21(33)13-32(20)2)30-27-28-8-7-24(31-27)18-3-6-26(29-12-18)34-15-23-11-22(34)16-35-23/h3-9,12,20-23H,10-11,13-16H2,1-2H3,(H,28,30,31)/t20-,21-,22+,23+/m0/s1. The molecule has 0 aliphatic carbocycles. The average molecular weight is 470 g/mol. The summed E-state index contributed by atoms with van der Waals surface area (Å²) in [6.07, 6.45) is 6.46. The summed E-state index contributed by atoms with van der Waals surface area (Å²) in [5.41, 5.74) is 5.47. The second kappa shape index (κ2) is 8.17. The molecule has 4 fully saturated rings. The van der Waals surface area contributed by atoms with E-state index in [0.29, 0.717) is 30.2 Å². The number of hydrogen-bond acceptors (Lipinski definition) is 8. The van der Waals surface area contributed by atoms with Crippen molar-refractivity contribution < 1.29 is 4.74 Å². The van der Waals surface area contributed by atoms with Crippen LogP contribution in [0, 0.1) is 6.92 Å². The zero-order valence-corrected chi connectivity index (χ0v) is 20.3. The Hall–Kier alpha value is -3.23. The zero-order chi connectivity index (χ0) is 23.5. The number of fused-ring (bicyclic) bond motifs is 4. The molecule has 0 amide bonds. The summed E-state index contributed by atoms with van der Waals surface area (Å²) in [6.45, 7) is 6.23. The van der Waals surface area contributed by atoms with Gasteiger partial charge in [-0.1, -0.05) is 0 Å². The van der Waals surface area contributed by atoms with Crippen molar-refractivity contribution in [3.63, 3.8) is 0 Å². The van der Waals surface area contributed by atoms with E-state index in [2.05, 4.69) is 69.3 Å². The first-order valence-electron chi connectivity index (χ1n) is 12.6. The number of likely N-dealkylation sites (tertiary alicyclic amines) is 1. The minimum absolute atomic E-state index is 0.363. The first-order valence-corrected chi connectivity index (χ1v) is 12.6. The van der Waals surface area contributed by atoms with Crippen molar-refractivity contribution in [2.45, 2.75) is 44.0 Å². The lowest BCUT2D eigenvalue weighted by Gasteiger charge is -2.34. The Labute approximate surface area is 206 Å². The number of pyridine rings is 1. The van der Waals surface area contributed by atoms with Gasteiger partial charge < -0.3 is 19.9 Å². The van der Waals surface area contributed by atoms with Gasteiger partial charge in [-0.3, -0.25) is 4.90 Å². The molecule has 35 heavy (non-hydrogen) atoms. The molecule has 4 aliphatic heterocycles. The van der Waals surface area contributed by atoms with Crippen LogP contribution < -0.4 is 15.1 Å². The van der Waals surface area contributed by atoms with Crippen LogP contribution in [-0.4, -0.2) is 77.4 Å². The molecule has 180 valence electrons. The second-order valence-electron chi connectivity index (χ2n) is 10.4. The molecular formula is C27H31N7O. The number of aromatic nitrogens is 3. The predicted octanol–water partition coefficient (Wildman–Crippen LogP) is 3.46. The number of ether oxygens (including phenoxy) is 1. The van der Waals surface area contributed by atoms with E-state index in [1.807, 2.05) is 12.3 Å². The maximum atomic E-state index is 5.72. The number of hydrogen-bond donors (Lipinski definition) is 1. The SMILES string of the molecule is Cc1cc(Nc2nccc(-c3ccc(N4C[C@H]5C[C@@H]4CO5)nc3)n2)ccc1N1C[C@@H]2C[C@H]1CN2C. The molecule has 1 aromatic carbocycles. The maximum absolute atomic E-state index is 5.72. The highest BCUT2D eigenvalue weighted by Gasteiger charge is 2.42. The molecule has 2 aromatic heterocycles. The molecular weight excluding hydrogens is 438 g/mol. The molecule has 0 spiro atoms. The third kappa shape index (κ3) is 3.72. The number of nitrogens with one attached hydrogen (secondary N) is 1. The van der Waals surface area contributed by atoms with Crippen LogP contribution >= 0.6 is 0 Å². The van der Waals surface area contributed by atoms with Gasteiger partial charge in [-0.05, 0) is 68.8 Å². The topological polar surface area (TPSA) is 69.6 Å². The molecule has 1 N–H and O–H groups in total. The van der Waals surface area contributed by atoms with Crippen molar-refractivity contribution in [1.82, 2.24) is 19.9 Å². The minimum atomic E-state index is 0.363. The summed E-state index contributed by atoms with van der Waals surface area (Å²) in [7, 11) is 2.24. The highest BCUT2D eigenvalue weighted by atomic mass is 16.5. The fourth-order valence-electron chi connectivity index (χ4n) is 6.31. The van der Waals surface area contributed by atoms with Crippen LogP contribution in [0.2, 0.25) is 0 Å². The molecule has 4 saturated heterocycles.